The van der Waals surface area contributed by atoms with Crippen LogP contribution in [0.25, 0.3) is 0 Å². The van der Waals surface area contributed by atoms with E-state index in [1.807, 2.05) is 13.0 Å². The summed E-state index contributed by atoms with van der Waals surface area (Å²) in [7, 11) is 1.56. The zero-order valence-electron chi connectivity index (χ0n) is 11.5. The van der Waals surface area contributed by atoms with E-state index in [1.165, 1.54) is 12.1 Å². The monoisotopic (exact) mass is 358 g/mol. The van der Waals surface area contributed by atoms with Crippen LogP contribution in [0.4, 0.5) is 13.2 Å². The van der Waals surface area contributed by atoms with Crippen molar-refractivity contribution in [3.8, 4) is 5.75 Å². The summed E-state index contributed by atoms with van der Waals surface area (Å²) in [6.45, 7) is 1.86. The van der Waals surface area contributed by atoms with Crippen LogP contribution in [0.2, 0.25) is 0 Å². The molecule has 0 fully saturated rings. The number of hydrogen-bond acceptors (Lipinski definition) is 1. The molecule has 1 unspecified atom stereocenters. The fourth-order valence-electron chi connectivity index (χ4n) is 2.22. The summed E-state index contributed by atoms with van der Waals surface area (Å²) < 4.78 is 44.4. The predicted octanol–water partition coefficient (Wildman–Crippen LogP) is 5.51. The van der Waals surface area contributed by atoms with E-state index < -0.39 is 16.6 Å². The van der Waals surface area contributed by atoms with Gasteiger partial charge in [-0.3, -0.25) is 0 Å². The number of hydrogen-bond donors (Lipinski definition) is 0. The number of rotatable bonds is 3. The Morgan fingerprint density at radius 2 is 1.76 bits per heavy atom. The molecule has 0 saturated carbocycles. The first kappa shape index (κ1) is 15.9. The van der Waals surface area contributed by atoms with Crippen LogP contribution in [-0.2, 0) is 6.18 Å². The van der Waals surface area contributed by atoms with Crippen LogP contribution < -0.4 is 4.74 Å². The molecule has 1 nitrogen and oxygen atoms in total. The Labute approximate surface area is 129 Å². The van der Waals surface area contributed by atoms with Crippen LogP contribution in [0.3, 0.4) is 0 Å². The average molecular weight is 359 g/mol. The van der Waals surface area contributed by atoms with Gasteiger partial charge in [-0.15, -0.1) is 0 Å². The maximum atomic E-state index is 13.1. The first-order chi connectivity index (χ1) is 9.84. The van der Waals surface area contributed by atoms with E-state index in [-0.39, 0.29) is 5.56 Å². The molecular formula is C16H14BrF3O. The summed E-state index contributed by atoms with van der Waals surface area (Å²) in [5, 5.41) is 0. The summed E-state index contributed by atoms with van der Waals surface area (Å²) in [5.41, 5.74) is 1.21. The minimum absolute atomic E-state index is 0.203. The molecule has 112 valence electrons. The maximum absolute atomic E-state index is 13.1. The van der Waals surface area contributed by atoms with E-state index in [9.17, 15) is 13.2 Å². The molecule has 5 heteroatoms. The van der Waals surface area contributed by atoms with Crippen molar-refractivity contribution in [1.82, 2.24) is 0 Å². The summed E-state index contributed by atoms with van der Waals surface area (Å²) in [6.07, 6.45) is -4.37. The van der Waals surface area contributed by atoms with E-state index in [0.717, 1.165) is 17.2 Å². The third-order valence-corrected chi connectivity index (χ3v) is 4.27. The fraction of sp³-hybridized carbons (Fsp3) is 0.250. The summed E-state index contributed by atoms with van der Waals surface area (Å²) in [4.78, 5) is -0.528. The van der Waals surface area contributed by atoms with Gasteiger partial charge in [-0.1, -0.05) is 46.3 Å². The second-order valence-electron chi connectivity index (χ2n) is 4.68. The van der Waals surface area contributed by atoms with Crippen LogP contribution in [-0.4, -0.2) is 7.11 Å². The standard InChI is InChI=1S/C16H14BrF3O/c1-10-9-11(7-8-14(10)21-2)15(17)12-5-3-4-6-13(12)16(18,19)20/h3-9,15H,1-2H3. The van der Waals surface area contributed by atoms with Crippen molar-refractivity contribution in [2.24, 2.45) is 0 Å². The number of methoxy groups -OCH3 is 1. The minimum atomic E-state index is -4.37. The third-order valence-electron chi connectivity index (χ3n) is 3.25. The minimum Gasteiger partial charge on any atom is -0.496 e. The molecule has 0 aromatic heterocycles. The highest BCUT2D eigenvalue weighted by molar-refractivity contribution is 9.09. The molecule has 0 bridgehead atoms. The van der Waals surface area contributed by atoms with Gasteiger partial charge in [0.15, 0.2) is 0 Å². The van der Waals surface area contributed by atoms with Crippen molar-refractivity contribution in [1.29, 1.82) is 0 Å². The van der Waals surface area contributed by atoms with Crippen LogP contribution in [0.1, 0.15) is 27.1 Å². The lowest BCUT2D eigenvalue weighted by molar-refractivity contribution is -0.138. The van der Waals surface area contributed by atoms with Crippen LogP contribution in [0.15, 0.2) is 42.5 Å². The van der Waals surface area contributed by atoms with Gasteiger partial charge >= 0.3 is 6.18 Å². The topological polar surface area (TPSA) is 9.23 Å². The van der Waals surface area contributed by atoms with E-state index >= 15 is 0 Å². The second kappa shape index (κ2) is 6.10. The lowest BCUT2D eigenvalue weighted by atomic mass is 9.98. The number of ether oxygens (including phenoxy) is 1. The Balaban J connectivity index is 2.45. The van der Waals surface area contributed by atoms with Gasteiger partial charge in [0.1, 0.15) is 5.75 Å². The normalized spacial score (nSPS) is 13.0. The van der Waals surface area contributed by atoms with Crippen molar-refractivity contribution >= 4 is 15.9 Å². The van der Waals surface area contributed by atoms with Gasteiger partial charge in [0.05, 0.1) is 17.5 Å². The van der Waals surface area contributed by atoms with Gasteiger partial charge in [0.2, 0.25) is 0 Å². The highest BCUT2D eigenvalue weighted by atomic mass is 79.9. The SMILES string of the molecule is COc1ccc(C(Br)c2ccccc2C(F)(F)F)cc1C. The van der Waals surface area contributed by atoms with Gasteiger partial charge in [-0.25, -0.2) is 0 Å². The van der Waals surface area contributed by atoms with Crippen molar-refractivity contribution in [3.05, 3.63) is 64.7 Å². The highest BCUT2D eigenvalue weighted by Crippen LogP contribution is 2.40. The summed E-state index contributed by atoms with van der Waals surface area (Å²) in [6, 6.07) is 10.9. The summed E-state index contributed by atoms with van der Waals surface area (Å²) in [5.74, 6) is 0.711. The van der Waals surface area contributed by atoms with Gasteiger partial charge in [0, 0.05) is 0 Å². The third kappa shape index (κ3) is 3.40. The molecule has 0 N–H and O–H groups in total. The molecule has 0 saturated heterocycles. The first-order valence-electron chi connectivity index (χ1n) is 6.29. The smallest absolute Gasteiger partial charge is 0.416 e. The Morgan fingerprint density at radius 3 is 2.33 bits per heavy atom. The zero-order valence-corrected chi connectivity index (χ0v) is 13.1. The molecule has 2 aromatic carbocycles. The molecule has 2 rings (SSSR count). The quantitative estimate of drug-likeness (QED) is 0.657. The van der Waals surface area contributed by atoms with E-state index in [0.29, 0.717) is 5.75 Å². The molecule has 0 aliphatic carbocycles. The molecular weight excluding hydrogens is 345 g/mol. The van der Waals surface area contributed by atoms with Crippen molar-refractivity contribution in [3.63, 3.8) is 0 Å². The van der Waals surface area contributed by atoms with E-state index in [2.05, 4.69) is 15.9 Å². The number of benzene rings is 2. The lowest BCUT2D eigenvalue weighted by Gasteiger charge is -2.18. The molecule has 0 aliphatic heterocycles. The Bertz CT molecular complexity index is 638. The Kier molecular flexibility index (Phi) is 4.61. The fourth-order valence-corrected chi connectivity index (χ4v) is 2.90. The molecule has 0 spiro atoms. The molecule has 0 heterocycles. The van der Waals surface area contributed by atoms with Crippen molar-refractivity contribution < 1.29 is 17.9 Å². The maximum Gasteiger partial charge on any atom is 0.416 e. The molecule has 21 heavy (non-hydrogen) atoms. The van der Waals surface area contributed by atoms with Crippen molar-refractivity contribution in [2.75, 3.05) is 7.11 Å². The van der Waals surface area contributed by atoms with Crippen molar-refractivity contribution in [2.45, 2.75) is 17.9 Å². The number of aryl methyl sites for hydroxylation is 1. The molecule has 2 aromatic rings. The first-order valence-corrected chi connectivity index (χ1v) is 7.21. The van der Waals surface area contributed by atoms with E-state index in [4.69, 9.17) is 4.74 Å². The molecule has 1 atom stereocenters. The molecule has 0 amide bonds. The molecule has 0 aliphatic rings. The van der Waals surface area contributed by atoms with Crippen LogP contribution in [0.5, 0.6) is 5.75 Å². The Morgan fingerprint density at radius 1 is 1.10 bits per heavy atom. The average Bonchev–Trinajstić information content (AvgIpc) is 2.45. The number of halogens is 4. The summed E-state index contributed by atoms with van der Waals surface area (Å²) >= 11 is 3.38. The van der Waals surface area contributed by atoms with Gasteiger partial charge in [-0.05, 0) is 35.7 Å². The zero-order chi connectivity index (χ0) is 15.6. The van der Waals surface area contributed by atoms with E-state index in [1.54, 1.807) is 25.3 Å². The molecule has 0 radical (unpaired) electrons. The second-order valence-corrected chi connectivity index (χ2v) is 5.59. The van der Waals surface area contributed by atoms with Crippen LogP contribution >= 0.6 is 15.9 Å². The largest absolute Gasteiger partial charge is 0.496 e. The predicted molar refractivity (Wildman–Crippen MR) is 79.9 cm³/mol. The van der Waals surface area contributed by atoms with Gasteiger partial charge in [0.25, 0.3) is 0 Å². The van der Waals surface area contributed by atoms with Gasteiger partial charge < -0.3 is 4.74 Å². The lowest BCUT2D eigenvalue weighted by Crippen LogP contribution is -2.10. The highest BCUT2D eigenvalue weighted by Gasteiger charge is 2.34. The number of alkyl halides is 4. The van der Waals surface area contributed by atoms with Gasteiger partial charge in [-0.2, -0.15) is 13.2 Å². The van der Waals surface area contributed by atoms with Crippen LogP contribution in [0, 0.1) is 6.92 Å². The Hall–Kier alpha value is -1.49.